The number of hydrogen-bond acceptors (Lipinski definition) is 4. The number of nitrogens with zero attached hydrogens (tertiary/aromatic N) is 1. The van der Waals surface area contributed by atoms with Gasteiger partial charge in [0, 0.05) is 40.6 Å². The highest BCUT2D eigenvalue weighted by molar-refractivity contribution is 6.31. The zero-order chi connectivity index (χ0) is 23.2. The first kappa shape index (κ1) is 22.4. The molecule has 0 saturated heterocycles. The van der Waals surface area contributed by atoms with Crippen LogP contribution in [-0.2, 0) is 9.59 Å². The van der Waals surface area contributed by atoms with Crippen molar-refractivity contribution in [1.29, 1.82) is 0 Å². The molecule has 0 aromatic heterocycles. The average Bonchev–Trinajstić information content (AvgIpc) is 2.74. The maximum Gasteiger partial charge on any atom is 0.232 e. The Kier molecular flexibility index (Phi) is 5.80. The van der Waals surface area contributed by atoms with Gasteiger partial charge in [0.15, 0.2) is 17.3 Å². The minimum absolute atomic E-state index is 0.0607. The molecule has 168 valence electrons. The van der Waals surface area contributed by atoms with Crippen LogP contribution in [0.5, 0.6) is 11.5 Å². The number of rotatable bonds is 4. The summed E-state index contributed by atoms with van der Waals surface area (Å²) in [6.45, 7) is 6.04. The second-order valence-electron chi connectivity index (χ2n) is 9.25. The van der Waals surface area contributed by atoms with Gasteiger partial charge < -0.3 is 9.47 Å². The highest BCUT2D eigenvalue weighted by Crippen LogP contribution is 2.51. The van der Waals surface area contributed by atoms with Gasteiger partial charge in [0.05, 0.1) is 19.9 Å². The van der Waals surface area contributed by atoms with Gasteiger partial charge in [0.2, 0.25) is 5.91 Å². The Morgan fingerprint density at radius 1 is 1.03 bits per heavy atom. The molecule has 0 saturated carbocycles. The van der Waals surface area contributed by atoms with E-state index in [1.807, 2.05) is 43.3 Å². The SMILES string of the molecule is COc1cccc([C@@H]2CC(=O)N(c3cccc(Cl)c3C)C3=C2C(=O)CC(C)(C)C3)c1OC. The molecule has 1 aliphatic heterocycles. The summed E-state index contributed by atoms with van der Waals surface area (Å²) in [4.78, 5) is 28.9. The molecule has 32 heavy (non-hydrogen) atoms. The van der Waals surface area contributed by atoms with Gasteiger partial charge in [-0.3, -0.25) is 14.5 Å². The fourth-order valence-corrected chi connectivity index (χ4v) is 5.15. The quantitative estimate of drug-likeness (QED) is 0.584. The lowest BCUT2D eigenvalue weighted by molar-refractivity contribution is -0.121. The first-order chi connectivity index (χ1) is 15.2. The number of carbonyl (C=O) groups excluding carboxylic acids is 2. The number of ketones is 1. The van der Waals surface area contributed by atoms with Crippen LogP contribution >= 0.6 is 11.6 Å². The lowest BCUT2D eigenvalue weighted by atomic mass is 9.69. The van der Waals surface area contributed by atoms with Crippen LogP contribution in [0.2, 0.25) is 5.02 Å². The molecule has 1 amide bonds. The number of carbonyl (C=O) groups is 2. The molecule has 2 aliphatic rings. The largest absolute Gasteiger partial charge is 0.493 e. The Labute approximate surface area is 194 Å². The van der Waals surface area contributed by atoms with E-state index in [-0.39, 0.29) is 29.4 Å². The molecular weight excluding hydrogens is 426 g/mol. The Bertz CT molecular complexity index is 1130. The second kappa shape index (κ2) is 8.28. The summed E-state index contributed by atoms with van der Waals surface area (Å²) < 4.78 is 11.1. The summed E-state index contributed by atoms with van der Waals surface area (Å²) in [5.74, 6) is 0.764. The van der Waals surface area contributed by atoms with Crippen molar-refractivity contribution in [3.05, 3.63) is 63.8 Å². The van der Waals surface area contributed by atoms with E-state index in [1.165, 1.54) is 0 Å². The molecule has 0 bridgehead atoms. The van der Waals surface area contributed by atoms with Crippen molar-refractivity contribution in [2.45, 2.75) is 46.0 Å². The fraction of sp³-hybridized carbons (Fsp3) is 0.385. The van der Waals surface area contributed by atoms with Gasteiger partial charge in [0.25, 0.3) is 0 Å². The predicted molar refractivity (Wildman–Crippen MR) is 126 cm³/mol. The van der Waals surface area contributed by atoms with E-state index < -0.39 is 0 Å². The highest BCUT2D eigenvalue weighted by atomic mass is 35.5. The van der Waals surface area contributed by atoms with E-state index >= 15 is 0 Å². The van der Waals surface area contributed by atoms with Gasteiger partial charge in [-0.25, -0.2) is 0 Å². The summed E-state index contributed by atoms with van der Waals surface area (Å²) in [5.41, 5.74) is 3.56. The molecule has 5 nitrogen and oxygen atoms in total. The number of benzene rings is 2. The molecule has 4 rings (SSSR count). The Morgan fingerprint density at radius 2 is 1.75 bits per heavy atom. The number of para-hydroxylation sites is 1. The van der Waals surface area contributed by atoms with Gasteiger partial charge in [-0.15, -0.1) is 0 Å². The zero-order valence-electron chi connectivity index (χ0n) is 19.1. The van der Waals surface area contributed by atoms with E-state index in [4.69, 9.17) is 21.1 Å². The molecule has 6 heteroatoms. The third kappa shape index (κ3) is 3.69. The molecule has 2 aromatic rings. The topological polar surface area (TPSA) is 55.8 Å². The molecule has 0 radical (unpaired) electrons. The van der Waals surface area contributed by atoms with Crippen LogP contribution < -0.4 is 14.4 Å². The van der Waals surface area contributed by atoms with Crippen LogP contribution in [-0.4, -0.2) is 25.9 Å². The van der Waals surface area contributed by atoms with E-state index in [0.29, 0.717) is 34.9 Å². The Hall–Kier alpha value is -2.79. The van der Waals surface area contributed by atoms with Crippen molar-refractivity contribution in [3.63, 3.8) is 0 Å². The minimum Gasteiger partial charge on any atom is -0.493 e. The molecule has 2 aromatic carbocycles. The van der Waals surface area contributed by atoms with Crippen LogP contribution in [0.4, 0.5) is 5.69 Å². The van der Waals surface area contributed by atoms with Gasteiger partial charge in [-0.2, -0.15) is 0 Å². The number of halogens is 1. The molecule has 0 unspecified atom stereocenters. The molecule has 1 aliphatic carbocycles. The van der Waals surface area contributed by atoms with Gasteiger partial charge >= 0.3 is 0 Å². The smallest absolute Gasteiger partial charge is 0.232 e. The Balaban J connectivity index is 1.96. The molecule has 0 N–H and O–H groups in total. The van der Waals surface area contributed by atoms with Crippen molar-refractivity contribution in [2.75, 3.05) is 19.1 Å². The number of methoxy groups -OCH3 is 2. The van der Waals surface area contributed by atoms with Crippen molar-refractivity contribution >= 4 is 29.0 Å². The van der Waals surface area contributed by atoms with E-state index in [2.05, 4.69) is 13.8 Å². The first-order valence-electron chi connectivity index (χ1n) is 10.7. The van der Waals surface area contributed by atoms with Crippen molar-refractivity contribution in [1.82, 2.24) is 0 Å². The minimum atomic E-state index is -0.387. The highest BCUT2D eigenvalue weighted by Gasteiger charge is 2.45. The first-order valence-corrected chi connectivity index (χ1v) is 11.1. The van der Waals surface area contributed by atoms with Gasteiger partial charge in [0.1, 0.15) is 0 Å². The summed E-state index contributed by atoms with van der Waals surface area (Å²) in [6, 6.07) is 11.1. The van der Waals surface area contributed by atoms with Gasteiger partial charge in [-0.1, -0.05) is 43.6 Å². The lowest BCUT2D eigenvalue weighted by Gasteiger charge is -2.43. The fourth-order valence-electron chi connectivity index (χ4n) is 4.99. The summed E-state index contributed by atoms with van der Waals surface area (Å²) in [5, 5.41) is 0.593. The molecule has 1 atom stereocenters. The van der Waals surface area contributed by atoms with Crippen LogP contribution in [0.15, 0.2) is 47.7 Å². The third-order valence-corrected chi connectivity index (χ3v) is 6.84. The number of hydrogen-bond donors (Lipinski definition) is 0. The maximum absolute atomic E-state index is 13.6. The standard InChI is InChI=1S/C26H28ClNO4/c1-15-18(27)9-7-10-19(15)28-20-13-26(2,3)14-21(29)24(20)17(12-23(28)30)16-8-6-11-22(31-4)25(16)32-5/h6-11,17H,12-14H2,1-5H3/t17-/m0/s1. The normalized spacial score (nSPS) is 20.3. The van der Waals surface area contributed by atoms with Crippen molar-refractivity contribution < 1.29 is 19.1 Å². The zero-order valence-corrected chi connectivity index (χ0v) is 19.9. The number of amides is 1. The van der Waals surface area contributed by atoms with Crippen molar-refractivity contribution in [3.8, 4) is 11.5 Å². The van der Waals surface area contributed by atoms with Crippen molar-refractivity contribution in [2.24, 2.45) is 5.41 Å². The average molecular weight is 454 g/mol. The maximum atomic E-state index is 13.6. The van der Waals surface area contributed by atoms with E-state index in [0.717, 1.165) is 22.5 Å². The number of ether oxygens (including phenoxy) is 2. The number of anilines is 1. The monoisotopic (exact) mass is 453 g/mol. The summed E-state index contributed by atoms with van der Waals surface area (Å²) >= 11 is 6.39. The van der Waals surface area contributed by atoms with E-state index in [1.54, 1.807) is 19.1 Å². The van der Waals surface area contributed by atoms with Crippen LogP contribution in [0.3, 0.4) is 0 Å². The van der Waals surface area contributed by atoms with E-state index in [9.17, 15) is 9.59 Å². The van der Waals surface area contributed by atoms with Crippen LogP contribution in [0.25, 0.3) is 0 Å². The molecule has 0 fully saturated rings. The lowest BCUT2D eigenvalue weighted by Crippen LogP contribution is -2.44. The summed E-state index contributed by atoms with van der Waals surface area (Å²) in [6.07, 6.45) is 1.22. The predicted octanol–water partition coefficient (Wildman–Crippen LogP) is 5.83. The number of Topliss-reactive ketones (excluding diaryl/α,β-unsaturated/α-hetero) is 1. The van der Waals surface area contributed by atoms with Gasteiger partial charge in [-0.05, 0) is 42.5 Å². The third-order valence-electron chi connectivity index (χ3n) is 6.43. The Morgan fingerprint density at radius 3 is 2.44 bits per heavy atom. The molecule has 1 heterocycles. The van der Waals surface area contributed by atoms with Crippen LogP contribution in [0, 0.1) is 12.3 Å². The molecule has 0 spiro atoms. The molecular formula is C26H28ClNO4. The van der Waals surface area contributed by atoms with Crippen LogP contribution in [0.1, 0.15) is 50.2 Å². The second-order valence-corrected chi connectivity index (χ2v) is 9.66. The number of allylic oxidation sites excluding steroid dienone is 2. The summed E-state index contributed by atoms with van der Waals surface area (Å²) in [7, 11) is 3.16.